The van der Waals surface area contributed by atoms with Crippen LogP contribution in [-0.4, -0.2) is 56.8 Å². The highest BCUT2D eigenvalue weighted by Crippen LogP contribution is 2.26. The van der Waals surface area contributed by atoms with Gasteiger partial charge in [0.2, 0.25) is 10.0 Å². The Morgan fingerprint density at radius 1 is 1.52 bits per heavy atom. The fourth-order valence-corrected chi connectivity index (χ4v) is 3.84. The van der Waals surface area contributed by atoms with Gasteiger partial charge >= 0.3 is 0 Å². The van der Waals surface area contributed by atoms with Gasteiger partial charge in [-0.3, -0.25) is 0 Å². The van der Waals surface area contributed by atoms with E-state index in [0.717, 1.165) is 6.07 Å². The number of benzene rings is 1. The third kappa shape index (κ3) is 3.18. The predicted octanol–water partition coefficient (Wildman–Crippen LogP) is 0.605. The van der Waals surface area contributed by atoms with Crippen LogP contribution in [0.5, 0.6) is 5.75 Å². The smallest absolute Gasteiger partial charge is 0.243 e. The van der Waals surface area contributed by atoms with Crippen molar-refractivity contribution in [2.24, 2.45) is 0 Å². The number of sulfonamides is 1. The molecule has 0 aromatic heterocycles. The molecule has 2 atom stereocenters. The molecular weight excluding hydrogens is 301 g/mol. The van der Waals surface area contributed by atoms with Gasteiger partial charge in [0.1, 0.15) is 0 Å². The van der Waals surface area contributed by atoms with E-state index in [0.29, 0.717) is 0 Å². The zero-order valence-electron chi connectivity index (χ0n) is 11.8. The fraction of sp³-hybridized carbons (Fsp3) is 0.538. The monoisotopic (exact) mass is 319 g/mol. The molecule has 1 aromatic rings. The molecule has 118 valence electrons. The van der Waals surface area contributed by atoms with Crippen molar-refractivity contribution < 1.29 is 27.4 Å². The number of methoxy groups -OCH3 is 1. The summed E-state index contributed by atoms with van der Waals surface area (Å²) in [5.41, 5.74) is 0. The van der Waals surface area contributed by atoms with E-state index in [1.807, 2.05) is 0 Å². The maximum atomic E-state index is 13.7. The molecule has 6 nitrogen and oxygen atoms in total. The molecule has 0 radical (unpaired) electrons. The van der Waals surface area contributed by atoms with Gasteiger partial charge in [0.05, 0.1) is 31.3 Å². The van der Waals surface area contributed by atoms with Crippen LogP contribution in [-0.2, 0) is 14.8 Å². The molecule has 1 aromatic carbocycles. The molecule has 21 heavy (non-hydrogen) atoms. The van der Waals surface area contributed by atoms with E-state index in [4.69, 9.17) is 14.6 Å². The highest BCUT2D eigenvalue weighted by molar-refractivity contribution is 7.89. The summed E-state index contributed by atoms with van der Waals surface area (Å²) in [6.45, 7) is 1.65. The molecule has 0 amide bonds. The van der Waals surface area contributed by atoms with E-state index in [-0.39, 0.29) is 36.4 Å². The van der Waals surface area contributed by atoms with Gasteiger partial charge in [0, 0.05) is 12.6 Å². The van der Waals surface area contributed by atoms with Crippen LogP contribution in [0.4, 0.5) is 4.39 Å². The van der Waals surface area contributed by atoms with Crippen LogP contribution in [0, 0.1) is 5.82 Å². The van der Waals surface area contributed by atoms with Crippen molar-refractivity contribution in [2.75, 3.05) is 26.9 Å². The minimum absolute atomic E-state index is 0.0165. The molecule has 1 aliphatic rings. The maximum absolute atomic E-state index is 13.7. The van der Waals surface area contributed by atoms with Crippen molar-refractivity contribution in [1.29, 1.82) is 0 Å². The Balaban J connectivity index is 2.34. The maximum Gasteiger partial charge on any atom is 0.243 e. The highest BCUT2D eigenvalue weighted by Gasteiger charge is 2.35. The molecule has 0 spiro atoms. The second-order valence-electron chi connectivity index (χ2n) is 4.86. The first-order valence-electron chi connectivity index (χ1n) is 6.48. The lowest BCUT2D eigenvalue weighted by Crippen LogP contribution is -2.51. The highest BCUT2D eigenvalue weighted by atomic mass is 32.2. The van der Waals surface area contributed by atoms with Crippen molar-refractivity contribution in [1.82, 2.24) is 4.31 Å². The Morgan fingerprint density at radius 3 is 2.81 bits per heavy atom. The molecule has 2 rings (SSSR count). The topological polar surface area (TPSA) is 76.1 Å². The van der Waals surface area contributed by atoms with E-state index in [2.05, 4.69) is 0 Å². The summed E-state index contributed by atoms with van der Waals surface area (Å²) in [7, 11) is -2.55. The lowest BCUT2D eigenvalue weighted by atomic mass is 10.2. The van der Waals surface area contributed by atoms with E-state index in [1.54, 1.807) is 6.92 Å². The SMILES string of the molecule is COc1ccc(S(=O)(=O)N2CC(CO)OCC2C)cc1F. The average molecular weight is 319 g/mol. The zero-order chi connectivity index (χ0) is 15.6. The summed E-state index contributed by atoms with van der Waals surface area (Å²) in [4.78, 5) is -0.147. The summed E-state index contributed by atoms with van der Waals surface area (Å²) in [6.07, 6.45) is -0.570. The Hall–Kier alpha value is -1.22. The second-order valence-corrected chi connectivity index (χ2v) is 6.75. The summed E-state index contributed by atoms with van der Waals surface area (Å²) >= 11 is 0. The van der Waals surface area contributed by atoms with Gasteiger partial charge in [-0.15, -0.1) is 0 Å². The Morgan fingerprint density at radius 2 is 2.24 bits per heavy atom. The number of nitrogens with zero attached hydrogens (tertiary/aromatic N) is 1. The number of aliphatic hydroxyl groups is 1. The van der Waals surface area contributed by atoms with Crippen molar-refractivity contribution in [3.05, 3.63) is 24.0 Å². The van der Waals surface area contributed by atoms with Crippen LogP contribution in [0.25, 0.3) is 0 Å². The van der Waals surface area contributed by atoms with Crippen LogP contribution < -0.4 is 4.74 Å². The van der Waals surface area contributed by atoms with Gasteiger partial charge in [-0.05, 0) is 25.1 Å². The number of aliphatic hydroxyl groups excluding tert-OH is 1. The van der Waals surface area contributed by atoms with Crippen molar-refractivity contribution in [3.8, 4) is 5.75 Å². The van der Waals surface area contributed by atoms with Gasteiger partial charge in [-0.2, -0.15) is 4.31 Å². The van der Waals surface area contributed by atoms with Crippen molar-refractivity contribution in [2.45, 2.75) is 24.0 Å². The Bertz CT molecular complexity index is 607. The normalized spacial score (nSPS) is 24.0. The Labute approximate surface area is 123 Å². The minimum atomic E-state index is -3.86. The number of morpholine rings is 1. The number of ether oxygens (including phenoxy) is 2. The predicted molar refractivity (Wildman–Crippen MR) is 73.1 cm³/mol. The third-order valence-electron chi connectivity index (χ3n) is 3.38. The molecular formula is C13H18FNO5S. The van der Waals surface area contributed by atoms with Crippen molar-refractivity contribution >= 4 is 10.0 Å². The lowest BCUT2D eigenvalue weighted by molar-refractivity contribution is -0.0516. The summed E-state index contributed by atoms with van der Waals surface area (Å²) in [6, 6.07) is 3.12. The van der Waals surface area contributed by atoms with Gasteiger partial charge < -0.3 is 14.6 Å². The molecule has 0 aliphatic carbocycles. The largest absolute Gasteiger partial charge is 0.494 e. The number of hydrogen-bond acceptors (Lipinski definition) is 5. The Kier molecular flexibility index (Phi) is 4.82. The summed E-state index contributed by atoms with van der Waals surface area (Å²) < 4.78 is 50.2. The van der Waals surface area contributed by atoms with E-state index < -0.39 is 21.9 Å². The molecule has 0 saturated carbocycles. The first-order chi connectivity index (χ1) is 9.90. The molecule has 1 heterocycles. The number of halogens is 1. The number of rotatable bonds is 4. The molecule has 1 N–H and O–H groups in total. The standard InChI is InChI=1S/C13H18FNO5S/c1-9-8-20-10(7-16)6-15(9)21(17,18)11-3-4-13(19-2)12(14)5-11/h3-5,9-10,16H,6-8H2,1-2H3. The lowest BCUT2D eigenvalue weighted by Gasteiger charge is -2.36. The van der Waals surface area contributed by atoms with Gasteiger partial charge in [0.15, 0.2) is 11.6 Å². The first kappa shape index (κ1) is 16.2. The van der Waals surface area contributed by atoms with E-state index in [9.17, 15) is 12.8 Å². The molecule has 8 heteroatoms. The van der Waals surface area contributed by atoms with E-state index in [1.165, 1.54) is 23.5 Å². The second kappa shape index (κ2) is 6.27. The van der Waals surface area contributed by atoms with E-state index >= 15 is 0 Å². The molecule has 1 aliphatic heterocycles. The quantitative estimate of drug-likeness (QED) is 0.880. The zero-order valence-corrected chi connectivity index (χ0v) is 12.6. The van der Waals surface area contributed by atoms with Crippen LogP contribution in [0.1, 0.15) is 6.92 Å². The van der Waals surface area contributed by atoms with Crippen LogP contribution >= 0.6 is 0 Å². The van der Waals surface area contributed by atoms with Crippen LogP contribution in [0.3, 0.4) is 0 Å². The van der Waals surface area contributed by atoms with Gasteiger partial charge in [-0.25, -0.2) is 12.8 Å². The minimum Gasteiger partial charge on any atom is -0.494 e. The van der Waals surface area contributed by atoms with Crippen LogP contribution in [0.15, 0.2) is 23.1 Å². The van der Waals surface area contributed by atoms with Crippen molar-refractivity contribution in [3.63, 3.8) is 0 Å². The average Bonchev–Trinajstić information content (AvgIpc) is 2.47. The fourth-order valence-electron chi connectivity index (χ4n) is 2.18. The molecule has 1 fully saturated rings. The molecule has 1 saturated heterocycles. The third-order valence-corrected chi connectivity index (χ3v) is 5.36. The molecule has 2 unspecified atom stereocenters. The molecule has 0 bridgehead atoms. The first-order valence-corrected chi connectivity index (χ1v) is 7.92. The van der Waals surface area contributed by atoms with Gasteiger partial charge in [0.25, 0.3) is 0 Å². The summed E-state index contributed by atoms with van der Waals surface area (Å²) in [5, 5.41) is 9.12. The van der Waals surface area contributed by atoms with Gasteiger partial charge in [-0.1, -0.05) is 0 Å². The number of hydrogen-bond donors (Lipinski definition) is 1. The van der Waals surface area contributed by atoms with Crippen LogP contribution in [0.2, 0.25) is 0 Å². The summed E-state index contributed by atoms with van der Waals surface area (Å²) in [5.74, 6) is -0.754.